The number of aromatic nitrogens is 5. The van der Waals surface area contributed by atoms with E-state index in [1.54, 1.807) is 23.1 Å². The number of nitrogens with zero attached hydrogens (tertiary/aromatic N) is 5. The minimum absolute atomic E-state index is 0.00302. The van der Waals surface area contributed by atoms with Crippen molar-refractivity contribution in [3.63, 3.8) is 0 Å². The molecule has 0 unspecified atom stereocenters. The zero-order valence-electron chi connectivity index (χ0n) is 18.6. The minimum atomic E-state index is -4.59. The van der Waals surface area contributed by atoms with E-state index in [2.05, 4.69) is 15.2 Å². The summed E-state index contributed by atoms with van der Waals surface area (Å²) in [6, 6.07) is 6.77. The average Bonchev–Trinajstić information content (AvgIpc) is 3.54. The summed E-state index contributed by atoms with van der Waals surface area (Å²) in [5.74, 6) is -0.327. The summed E-state index contributed by atoms with van der Waals surface area (Å²) >= 11 is 0. The number of halogens is 3. The molecule has 4 aromatic heterocycles. The molecule has 1 aliphatic carbocycles. The van der Waals surface area contributed by atoms with Crippen LogP contribution in [0.15, 0.2) is 53.3 Å². The normalized spacial score (nSPS) is 17.9. The van der Waals surface area contributed by atoms with Gasteiger partial charge < -0.3 is 14.9 Å². The molecule has 0 aromatic carbocycles. The number of primary amides is 1. The molecule has 0 atom stereocenters. The number of hydrogen-bond acceptors (Lipinski definition) is 6. The Labute approximate surface area is 197 Å². The Hall–Kier alpha value is -3.93. The van der Waals surface area contributed by atoms with Gasteiger partial charge in [0.05, 0.1) is 35.8 Å². The van der Waals surface area contributed by atoms with Crippen LogP contribution in [-0.4, -0.2) is 43.2 Å². The van der Waals surface area contributed by atoms with E-state index in [0.29, 0.717) is 23.6 Å². The maximum atomic E-state index is 13.3. The molecule has 0 saturated heterocycles. The van der Waals surface area contributed by atoms with E-state index in [9.17, 15) is 18.0 Å². The van der Waals surface area contributed by atoms with Gasteiger partial charge in [-0.2, -0.15) is 23.4 Å². The molecule has 1 fully saturated rings. The lowest BCUT2D eigenvalue weighted by Gasteiger charge is -2.34. The number of hydrogen-bond donors (Lipinski definition) is 1. The van der Waals surface area contributed by atoms with E-state index in [0.717, 1.165) is 18.9 Å². The van der Waals surface area contributed by atoms with Crippen molar-refractivity contribution >= 4 is 5.91 Å². The van der Waals surface area contributed by atoms with Crippen LogP contribution in [0.25, 0.3) is 28.4 Å². The lowest BCUT2D eigenvalue weighted by Crippen LogP contribution is -2.33. The number of amides is 1. The maximum Gasteiger partial charge on any atom is 0.433 e. The highest BCUT2D eigenvalue weighted by atomic mass is 19.4. The van der Waals surface area contributed by atoms with Crippen molar-refractivity contribution in [1.29, 1.82) is 0 Å². The summed E-state index contributed by atoms with van der Waals surface area (Å²) in [6.07, 6.45) is 1.91. The Morgan fingerprint density at radius 3 is 2.71 bits per heavy atom. The van der Waals surface area contributed by atoms with Crippen LogP contribution in [-0.2, 0) is 10.9 Å². The third-order valence-electron chi connectivity index (χ3n) is 5.80. The Morgan fingerprint density at radius 1 is 1.23 bits per heavy atom. The molecule has 2 N–H and O–H groups in total. The molecule has 9 nitrogen and oxygen atoms in total. The molecule has 0 radical (unpaired) electrons. The van der Waals surface area contributed by atoms with Gasteiger partial charge in [-0.1, -0.05) is 6.07 Å². The van der Waals surface area contributed by atoms with Crippen molar-refractivity contribution < 1.29 is 27.1 Å². The largest absolute Gasteiger partial charge is 0.451 e. The third-order valence-corrected chi connectivity index (χ3v) is 5.80. The summed E-state index contributed by atoms with van der Waals surface area (Å²) in [4.78, 5) is 15.1. The van der Waals surface area contributed by atoms with Gasteiger partial charge in [-0.3, -0.25) is 9.48 Å². The molecule has 0 spiro atoms. The van der Waals surface area contributed by atoms with Crippen LogP contribution in [0, 0.1) is 0 Å². The highest BCUT2D eigenvalue weighted by Gasteiger charge is 2.35. The van der Waals surface area contributed by atoms with E-state index >= 15 is 0 Å². The molecule has 35 heavy (non-hydrogen) atoms. The number of furan rings is 1. The first kappa shape index (κ1) is 22.8. The number of nitrogens with two attached hydrogens (primary N) is 1. The van der Waals surface area contributed by atoms with E-state index in [1.165, 1.54) is 29.1 Å². The number of alkyl halides is 3. The Bertz CT molecular complexity index is 1370. The molecule has 0 aliphatic heterocycles. The van der Waals surface area contributed by atoms with Gasteiger partial charge in [-0.15, -0.1) is 0 Å². The smallest absolute Gasteiger partial charge is 0.433 e. The van der Waals surface area contributed by atoms with Crippen LogP contribution in [0.3, 0.4) is 0 Å². The second-order valence-electron chi connectivity index (χ2n) is 8.15. The van der Waals surface area contributed by atoms with Crippen molar-refractivity contribution in [3.05, 3.63) is 60.4 Å². The van der Waals surface area contributed by atoms with Gasteiger partial charge in [0, 0.05) is 12.8 Å². The first-order chi connectivity index (χ1) is 16.7. The second kappa shape index (κ2) is 8.69. The van der Waals surface area contributed by atoms with Gasteiger partial charge in [0.1, 0.15) is 22.8 Å². The van der Waals surface area contributed by atoms with Crippen molar-refractivity contribution in [3.8, 4) is 28.4 Å². The van der Waals surface area contributed by atoms with Crippen molar-refractivity contribution in [2.45, 2.75) is 38.1 Å². The van der Waals surface area contributed by atoms with E-state index in [4.69, 9.17) is 14.9 Å². The number of carbonyl (C=O) groups excluding carboxylic acids is 1. The van der Waals surface area contributed by atoms with Gasteiger partial charge in [-0.05, 0) is 44.0 Å². The number of pyridine rings is 1. The third kappa shape index (κ3) is 4.44. The molecule has 1 amide bonds. The second-order valence-corrected chi connectivity index (χ2v) is 8.15. The predicted octanol–water partition coefficient (Wildman–Crippen LogP) is 4.25. The van der Waals surface area contributed by atoms with Crippen molar-refractivity contribution in [2.75, 3.05) is 6.61 Å². The van der Waals surface area contributed by atoms with E-state index in [1.807, 2.05) is 6.92 Å². The molecule has 1 aliphatic rings. The van der Waals surface area contributed by atoms with Gasteiger partial charge in [-0.25, -0.2) is 9.67 Å². The fourth-order valence-corrected chi connectivity index (χ4v) is 3.98. The zero-order valence-corrected chi connectivity index (χ0v) is 18.6. The van der Waals surface area contributed by atoms with E-state index in [-0.39, 0.29) is 29.3 Å². The van der Waals surface area contributed by atoms with E-state index < -0.39 is 17.8 Å². The van der Waals surface area contributed by atoms with Crippen molar-refractivity contribution in [2.24, 2.45) is 5.73 Å². The summed E-state index contributed by atoms with van der Waals surface area (Å²) < 4.78 is 54.2. The van der Waals surface area contributed by atoms with Crippen LogP contribution in [0.5, 0.6) is 0 Å². The Kier molecular flexibility index (Phi) is 5.67. The van der Waals surface area contributed by atoms with Crippen LogP contribution in [0.1, 0.15) is 42.1 Å². The van der Waals surface area contributed by atoms with Gasteiger partial charge in [0.2, 0.25) is 0 Å². The minimum Gasteiger partial charge on any atom is -0.451 e. The predicted molar refractivity (Wildman–Crippen MR) is 117 cm³/mol. The molecule has 1 saturated carbocycles. The van der Waals surface area contributed by atoms with Crippen LogP contribution >= 0.6 is 0 Å². The standard InChI is InChI=1S/C23H21F3N6O3/c1-2-34-15-8-14(9-15)31-12-17(21(30-31)16-4-3-5-20(29-16)23(24,25)26)32-11-13(10-28-32)18-6-7-19(35-18)22(27)33/h3-7,10-12,14-15H,2,8-9H2,1H3,(H2,27,33). The zero-order chi connectivity index (χ0) is 24.7. The van der Waals surface area contributed by atoms with Gasteiger partial charge in [0.25, 0.3) is 5.91 Å². The number of ether oxygens (including phenoxy) is 1. The summed E-state index contributed by atoms with van der Waals surface area (Å²) in [7, 11) is 0. The molecule has 0 bridgehead atoms. The molecular weight excluding hydrogens is 465 g/mol. The van der Waals surface area contributed by atoms with Crippen LogP contribution in [0.4, 0.5) is 13.2 Å². The molecule has 5 rings (SSSR count). The Balaban J connectivity index is 1.54. The van der Waals surface area contributed by atoms with Crippen molar-refractivity contribution in [1.82, 2.24) is 24.5 Å². The fourth-order valence-electron chi connectivity index (χ4n) is 3.98. The topological polar surface area (TPSA) is 114 Å². The molecule has 4 heterocycles. The Morgan fingerprint density at radius 2 is 2.03 bits per heavy atom. The monoisotopic (exact) mass is 486 g/mol. The van der Waals surface area contributed by atoms with Crippen LogP contribution < -0.4 is 5.73 Å². The summed E-state index contributed by atoms with van der Waals surface area (Å²) in [5, 5.41) is 8.94. The molecular formula is C23H21F3N6O3. The first-order valence-corrected chi connectivity index (χ1v) is 10.9. The van der Waals surface area contributed by atoms with Crippen LogP contribution in [0.2, 0.25) is 0 Å². The maximum absolute atomic E-state index is 13.3. The molecule has 182 valence electrons. The number of carbonyl (C=O) groups is 1. The highest BCUT2D eigenvalue weighted by Crippen LogP contribution is 2.37. The fraction of sp³-hybridized carbons (Fsp3) is 0.304. The SMILES string of the molecule is CCOC1CC(n2cc(-n3cc(-c4ccc(C(N)=O)o4)cn3)c(-c3cccc(C(F)(F)F)n3)n2)C1. The lowest BCUT2D eigenvalue weighted by atomic mass is 9.89. The average molecular weight is 486 g/mol. The summed E-state index contributed by atoms with van der Waals surface area (Å²) in [5.41, 5.74) is 5.56. The lowest BCUT2D eigenvalue weighted by molar-refractivity contribution is -0.141. The highest BCUT2D eigenvalue weighted by molar-refractivity contribution is 5.90. The quantitative estimate of drug-likeness (QED) is 0.418. The summed E-state index contributed by atoms with van der Waals surface area (Å²) in [6.45, 7) is 2.54. The number of rotatable bonds is 7. The first-order valence-electron chi connectivity index (χ1n) is 10.9. The molecule has 12 heteroatoms. The molecule has 4 aromatic rings. The van der Waals surface area contributed by atoms with Gasteiger partial charge >= 0.3 is 6.18 Å². The van der Waals surface area contributed by atoms with Gasteiger partial charge in [0.15, 0.2) is 5.76 Å².